The molecule has 7 nitrogen and oxygen atoms in total. The number of hydrogen-bond donors (Lipinski definition) is 1. The van der Waals surface area contributed by atoms with Crippen LogP contribution in [-0.2, 0) is 14.9 Å². The number of ether oxygens (including phenoxy) is 1. The molecule has 34 heavy (non-hydrogen) atoms. The van der Waals surface area contributed by atoms with Crippen LogP contribution >= 0.6 is 15.9 Å². The molecule has 0 unspecified atom stereocenters. The Hall–Kier alpha value is -3.61. The Bertz CT molecular complexity index is 1360. The second-order valence-corrected chi connectivity index (χ2v) is 9.58. The van der Waals surface area contributed by atoms with E-state index in [1.807, 2.05) is 19.9 Å². The van der Waals surface area contributed by atoms with Crippen LogP contribution in [0.5, 0.6) is 11.5 Å². The number of halogens is 1. The van der Waals surface area contributed by atoms with E-state index in [4.69, 9.17) is 8.92 Å². The molecule has 0 aliphatic carbocycles. The summed E-state index contributed by atoms with van der Waals surface area (Å²) >= 11 is 3.32. The third kappa shape index (κ3) is 6.47. The van der Waals surface area contributed by atoms with Crippen LogP contribution in [0.3, 0.4) is 0 Å². The number of nitrogens with one attached hydrogen (secondary N) is 1. The average molecular weight is 541 g/mol. The Morgan fingerprint density at radius 1 is 1.09 bits per heavy atom. The summed E-state index contributed by atoms with van der Waals surface area (Å²) in [6.45, 7) is 4.23. The smallest absolute Gasteiger partial charge is 0.339 e. The van der Waals surface area contributed by atoms with Crippen LogP contribution in [0, 0.1) is 18.3 Å². The van der Waals surface area contributed by atoms with Gasteiger partial charge in [0.25, 0.3) is 5.91 Å². The van der Waals surface area contributed by atoms with Gasteiger partial charge in [0.1, 0.15) is 28.0 Å². The third-order valence-corrected chi connectivity index (χ3v) is 6.31. The fourth-order valence-electron chi connectivity index (χ4n) is 2.88. The van der Waals surface area contributed by atoms with E-state index in [2.05, 4.69) is 21.2 Å². The van der Waals surface area contributed by atoms with Crippen LogP contribution in [0.1, 0.15) is 18.1 Å². The van der Waals surface area contributed by atoms with Crippen LogP contribution in [0.15, 0.2) is 81.7 Å². The molecule has 174 valence electrons. The Kier molecular flexibility index (Phi) is 8.10. The van der Waals surface area contributed by atoms with Gasteiger partial charge >= 0.3 is 10.1 Å². The lowest BCUT2D eigenvalue weighted by Crippen LogP contribution is -2.14. The first kappa shape index (κ1) is 25.0. The van der Waals surface area contributed by atoms with Gasteiger partial charge in [0.15, 0.2) is 0 Å². The molecule has 0 bridgehead atoms. The summed E-state index contributed by atoms with van der Waals surface area (Å²) in [5, 5.41) is 12.2. The minimum Gasteiger partial charge on any atom is -0.494 e. The Labute approximate surface area is 206 Å². The minimum absolute atomic E-state index is 0.00954. The van der Waals surface area contributed by atoms with Crippen molar-refractivity contribution in [2.45, 2.75) is 18.7 Å². The van der Waals surface area contributed by atoms with Gasteiger partial charge in [-0.2, -0.15) is 13.7 Å². The maximum absolute atomic E-state index is 12.7. The fraction of sp³-hybridized carbons (Fsp3) is 0.120. The van der Waals surface area contributed by atoms with Gasteiger partial charge in [-0.15, -0.1) is 0 Å². The van der Waals surface area contributed by atoms with Crippen molar-refractivity contribution in [2.75, 3.05) is 11.9 Å². The van der Waals surface area contributed by atoms with Crippen molar-refractivity contribution in [1.29, 1.82) is 5.26 Å². The first-order valence-corrected chi connectivity index (χ1v) is 12.4. The average Bonchev–Trinajstić information content (AvgIpc) is 2.80. The molecule has 3 aromatic carbocycles. The number of nitrogens with zero attached hydrogens (tertiary/aromatic N) is 1. The SMILES string of the molecule is CCOc1ccc(NC(=O)/C(C#N)=C/c2cc(Br)ccc2OS(=O)(=O)c2ccc(C)cc2)cc1. The van der Waals surface area contributed by atoms with Crippen LogP contribution in [-0.4, -0.2) is 20.9 Å². The number of carbonyl (C=O) groups excluding carboxylic acids is 1. The number of benzene rings is 3. The van der Waals surface area contributed by atoms with Crippen molar-refractivity contribution in [3.63, 3.8) is 0 Å². The van der Waals surface area contributed by atoms with Crippen molar-refractivity contribution in [1.82, 2.24) is 0 Å². The van der Waals surface area contributed by atoms with E-state index < -0.39 is 16.0 Å². The number of amides is 1. The van der Waals surface area contributed by atoms with Crippen LogP contribution in [0.2, 0.25) is 0 Å². The summed E-state index contributed by atoms with van der Waals surface area (Å²) in [7, 11) is -4.13. The lowest BCUT2D eigenvalue weighted by Gasteiger charge is -2.11. The highest BCUT2D eigenvalue weighted by atomic mass is 79.9. The number of anilines is 1. The van der Waals surface area contributed by atoms with Crippen LogP contribution in [0.25, 0.3) is 6.08 Å². The Morgan fingerprint density at radius 3 is 2.38 bits per heavy atom. The molecule has 0 aromatic heterocycles. The summed E-state index contributed by atoms with van der Waals surface area (Å²) in [5.74, 6) is -0.0216. The van der Waals surface area contributed by atoms with E-state index in [0.717, 1.165) is 5.56 Å². The van der Waals surface area contributed by atoms with Crippen molar-refractivity contribution in [3.8, 4) is 17.6 Å². The maximum atomic E-state index is 12.7. The third-order valence-electron chi connectivity index (χ3n) is 4.57. The van der Waals surface area contributed by atoms with Crippen LogP contribution < -0.4 is 14.2 Å². The Morgan fingerprint density at radius 2 is 1.76 bits per heavy atom. The highest BCUT2D eigenvalue weighted by Crippen LogP contribution is 2.29. The summed E-state index contributed by atoms with van der Waals surface area (Å²) in [6.07, 6.45) is 1.27. The van der Waals surface area contributed by atoms with Crippen molar-refractivity contribution in [2.24, 2.45) is 0 Å². The van der Waals surface area contributed by atoms with E-state index in [-0.39, 0.29) is 21.8 Å². The molecule has 0 atom stereocenters. The number of aryl methyl sites for hydroxylation is 1. The topological polar surface area (TPSA) is 105 Å². The van der Waals surface area contributed by atoms with Crippen molar-refractivity contribution in [3.05, 3.63) is 87.9 Å². The highest BCUT2D eigenvalue weighted by Gasteiger charge is 2.19. The molecule has 0 heterocycles. The minimum atomic E-state index is -4.13. The van der Waals surface area contributed by atoms with Crippen molar-refractivity contribution >= 4 is 43.7 Å². The second kappa shape index (κ2) is 11.0. The summed E-state index contributed by atoms with van der Waals surface area (Å²) in [5.41, 5.74) is 1.39. The first-order chi connectivity index (χ1) is 16.2. The van der Waals surface area contributed by atoms with Gasteiger partial charge < -0.3 is 14.2 Å². The molecule has 0 saturated carbocycles. The predicted molar refractivity (Wildman–Crippen MR) is 133 cm³/mol. The number of carbonyl (C=O) groups is 1. The molecule has 0 aliphatic heterocycles. The molecule has 0 saturated heterocycles. The largest absolute Gasteiger partial charge is 0.494 e. The summed E-state index contributed by atoms with van der Waals surface area (Å²) in [6, 6.07) is 19.4. The standard InChI is InChI=1S/C25H21BrN2O5S/c1-3-32-22-9-7-21(8-10-22)28-25(29)19(16-27)14-18-15-20(26)6-13-24(18)33-34(30,31)23-11-4-17(2)5-12-23/h4-15H,3H2,1-2H3,(H,28,29)/b19-14+. The normalized spacial score (nSPS) is 11.4. The van der Waals surface area contributed by atoms with Crippen LogP contribution in [0.4, 0.5) is 5.69 Å². The Balaban J connectivity index is 1.88. The second-order valence-electron chi connectivity index (χ2n) is 7.11. The molecule has 9 heteroatoms. The molecule has 0 fully saturated rings. The van der Waals surface area contributed by atoms with E-state index in [1.165, 1.54) is 24.3 Å². The van der Waals surface area contributed by atoms with Gasteiger partial charge in [-0.05, 0) is 74.5 Å². The molecule has 3 rings (SSSR count). The van der Waals surface area contributed by atoms with E-state index in [1.54, 1.807) is 48.5 Å². The van der Waals surface area contributed by atoms with Gasteiger partial charge in [0.2, 0.25) is 0 Å². The predicted octanol–water partition coefficient (Wildman–Crippen LogP) is 5.47. The van der Waals surface area contributed by atoms with E-state index in [0.29, 0.717) is 22.5 Å². The fourth-order valence-corrected chi connectivity index (χ4v) is 4.22. The molecule has 1 N–H and O–H groups in total. The maximum Gasteiger partial charge on any atom is 0.339 e. The molecule has 0 aliphatic rings. The van der Waals surface area contributed by atoms with Gasteiger partial charge in [-0.3, -0.25) is 4.79 Å². The lowest BCUT2D eigenvalue weighted by atomic mass is 10.1. The number of nitriles is 1. The zero-order chi connectivity index (χ0) is 24.7. The summed E-state index contributed by atoms with van der Waals surface area (Å²) < 4.78 is 36.8. The monoisotopic (exact) mass is 540 g/mol. The van der Waals surface area contributed by atoms with Gasteiger partial charge in [0.05, 0.1) is 6.61 Å². The lowest BCUT2D eigenvalue weighted by molar-refractivity contribution is -0.112. The molecule has 3 aromatic rings. The van der Waals surface area contributed by atoms with Gasteiger partial charge in [-0.1, -0.05) is 33.6 Å². The molecule has 0 radical (unpaired) electrons. The quantitative estimate of drug-likeness (QED) is 0.230. The first-order valence-electron chi connectivity index (χ1n) is 10.2. The van der Waals surface area contributed by atoms with Gasteiger partial charge in [-0.25, -0.2) is 0 Å². The molecular formula is C25H21BrN2O5S. The molecular weight excluding hydrogens is 520 g/mol. The molecule has 1 amide bonds. The number of hydrogen-bond acceptors (Lipinski definition) is 6. The highest BCUT2D eigenvalue weighted by molar-refractivity contribution is 9.10. The number of rotatable bonds is 8. The van der Waals surface area contributed by atoms with Crippen molar-refractivity contribution < 1.29 is 22.1 Å². The summed E-state index contributed by atoms with van der Waals surface area (Å²) in [4.78, 5) is 12.7. The molecule has 0 spiro atoms. The van der Waals surface area contributed by atoms with E-state index >= 15 is 0 Å². The van der Waals surface area contributed by atoms with Gasteiger partial charge in [0, 0.05) is 15.7 Å². The zero-order valence-corrected chi connectivity index (χ0v) is 20.8. The zero-order valence-electron chi connectivity index (χ0n) is 18.4. The van der Waals surface area contributed by atoms with E-state index in [9.17, 15) is 18.5 Å².